The van der Waals surface area contributed by atoms with Crippen molar-refractivity contribution in [3.63, 3.8) is 0 Å². The van der Waals surface area contributed by atoms with Gasteiger partial charge in [0.1, 0.15) is 5.75 Å². The van der Waals surface area contributed by atoms with Crippen LogP contribution in [0, 0.1) is 0 Å². The minimum atomic E-state index is 0.300. The SMILES string of the molecule is COc1cccc(CN2CCNc3cc4c(cc32)OCO4)c1. The van der Waals surface area contributed by atoms with E-state index < -0.39 is 0 Å². The topological polar surface area (TPSA) is 43.0 Å². The molecule has 0 aliphatic carbocycles. The third-order valence-corrected chi connectivity index (χ3v) is 4.04. The fourth-order valence-electron chi connectivity index (χ4n) is 2.94. The van der Waals surface area contributed by atoms with Crippen LogP contribution in [0.15, 0.2) is 36.4 Å². The van der Waals surface area contributed by atoms with Crippen LogP contribution in [0.5, 0.6) is 17.2 Å². The number of hydrogen-bond acceptors (Lipinski definition) is 5. The van der Waals surface area contributed by atoms with Crippen molar-refractivity contribution in [2.75, 3.05) is 37.2 Å². The summed E-state index contributed by atoms with van der Waals surface area (Å²) in [6, 6.07) is 12.3. The zero-order valence-corrected chi connectivity index (χ0v) is 12.5. The second-order valence-electron chi connectivity index (χ2n) is 5.42. The molecular formula is C17H18N2O3. The third-order valence-electron chi connectivity index (χ3n) is 4.04. The molecule has 2 aromatic carbocycles. The smallest absolute Gasteiger partial charge is 0.231 e. The maximum absolute atomic E-state index is 5.50. The molecule has 2 heterocycles. The first-order chi connectivity index (χ1) is 10.8. The summed E-state index contributed by atoms with van der Waals surface area (Å²) in [5.74, 6) is 2.52. The quantitative estimate of drug-likeness (QED) is 0.944. The lowest BCUT2D eigenvalue weighted by Gasteiger charge is -2.32. The summed E-state index contributed by atoms with van der Waals surface area (Å²) in [5.41, 5.74) is 3.47. The molecule has 2 aliphatic rings. The monoisotopic (exact) mass is 298 g/mol. The minimum Gasteiger partial charge on any atom is -0.497 e. The first-order valence-corrected chi connectivity index (χ1v) is 7.39. The van der Waals surface area contributed by atoms with Crippen LogP contribution in [0.4, 0.5) is 11.4 Å². The molecule has 0 bridgehead atoms. The molecule has 5 heteroatoms. The minimum absolute atomic E-state index is 0.300. The van der Waals surface area contributed by atoms with Gasteiger partial charge in [-0.2, -0.15) is 0 Å². The van der Waals surface area contributed by atoms with E-state index in [0.29, 0.717) is 6.79 Å². The number of methoxy groups -OCH3 is 1. The van der Waals surface area contributed by atoms with Crippen LogP contribution in [0.1, 0.15) is 5.56 Å². The highest BCUT2D eigenvalue weighted by Gasteiger charge is 2.23. The van der Waals surface area contributed by atoms with Gasteiger partial charge in [0.25, 0.3) is 0 Å². The molecule has 0 saturated heterocycles. The summed E-state index contributed by atoms with van der Waals surface area (Å²) < 4.78 is 16.3. The van der Waals surface area contributed by atoms with Gasteiger partial charge in [-0.05, 0) is 17.7 Å². The van der Waals surface area contributed by atoms with Crippen molar-refractivity contribution < 1.29 is 14.2 Å². The molecule has 0 radical (unpaired) electrons. The second-order valence-corrected chi connectivity index (χ2v) is 5.42. The molecule has 0 saturated carbocycles. The maximum atomic E-state index is 5.50. The van der Waals surface area contributed by atoms with Crippen molar-refractivity contribution in [1.82, 2.24) is 0 Å². The average Bonchev–Trinajstić information content (AvgIpc) is 3.01. The van der Waals surface area contributed by atoms with E-state index in [9.17, 15) is 0 Å². The van der Waals surface area contributed by atoms with Gasteiger partial charge in [0.05, 0.1) is 18.5 Å². The molecule has 22 heavy (non-hydrogen) atoms. The summed E-state index contributed by atoms with van der Waals surface area (Å²) in [6.45, 7) is 3.00. The highest BCUT2D eigenvalue weighted by Crippen LogP contribution is 2.42. The number of anilines is 2. The molecule has 2 aromatic rings. The number of ether oxygens (including phenoxy) is 3. The Balaban J connectivity index is 1.64. The normalized spacial score (nSPS) is 15.2. The van der Waals surface area contributed by atoms with E-state index in [4.69, 9.17) is 14.2 Å². The van der Waals surface area contributed by atoms with E-state index in [0.717, 1.165) is 48.3 Å². The summed E-state index contributed by atoms with van der Waals surface area (Å²) >= 11 is 0. The maximum Gasteiger partial charge on any atom is 0.231 e. The highest BCUT2D eigenvalue weighted by atomic mass is 16.7. The van der Waals surface area contributed by atoms with Crippen molar-refractivity contribution in [1.29, 1.82) is 0 Å². The number of fused-ring (bicyclic) bond motifs is 2. The lowest BCUT2D eigenvalue weighted by atomic mass is 10.1. The molecule has 0 amide bonds. The van der Waals surface area contributed by atoms with E-state index in [-0.39, 0.29) is 0 Å². The lowest BCUT2D eigenvalue weighted by molar-refractivity contribution is 0.174. The Morgan fingerprint density at radius 1 is 1.18 bits per heavy atom. The van der Waals surface area contributed by atoms with E-state index in [1.807, 2.05) is 18.2 Å². The standard InChI is InChI=1S/C17H18N2O3/c1-20-13-4-2-3-12(7-13)10-19-6-5-18-14-8-16-17(9-15(14)19)22-11-21-16/h2-4,7-9,18H,5-6,10-11H2,1H3. The van der Waals surface area contributed by atoms with Gasteiger partial charge in [-0.3, -0.25) is 0 Å². The van der Waals surface area contributed by atoms with Crippen LogP contribution >= 0.6 is 0 Å². The Bertz CT molecular complexity index is 702. The van der Waals surface area contributed by atoms with Gasteiger partial charge in [-0.1, -0.05) is 12.1 Å². The number of rotatable bonds is 3. The predicted octanol–water partition coefficient (Wildman–Crippen LogP) is 2.86. The second kappa shape index (κ2) is 5.33. The molecule has 0 aromatic heterocycles. The van der Waals surface area contributed by atoms with Crippen molar-refractivity contribution in [2.24, 2.45) is 0 Å². The fourth-order valence-corrected chi connectivity index (χ4v) is 2.94. The van der Waals surface area contributed by atoms with Crippen molar-refractivity contribution in [3.8, 4) is 17.2 Å². The largest absolute Gasteiger partial charge is 0.497 e. The van der Waals surface area contributed by atoms with Crippen molar-refractivity contribution in [2.45, 2.75) is 6.54 Å². The number of benzene rings is 2. The summed E-state index contributed by atoms with van der Waals surface area (Å²) in [7, 11) is 1.69. The Morgan fingerprint density at radius 3 is 2.91 bits per heavy atom. The van der Waals surface area contributed by atoms with E-state index in [2.05, 4.69) is 28.4 Å². The molecule has 5 nitrogen and oxygen atoms in total. The molecule has 0 unspecified atom stereocenters. The molecule has 2 aliphatic heterocycles. The van der Waals surface area contributed by atoms with Gasteiger partial charge in [0.15, 0.2) is 11.5 Å². The van der Waals surface area contributed by atoms with Crippen molar-refractivity contribution in [3.05, 3.63) is 42.0 Å². The van der Waals surface area contributed by atoms with E-state index in [1.165, 1.54) is 5.56 Å². The number of nitrogens with zero attached hydrogens (tertiary/aromatic N) is 1. The lowest BCUT2D eigenvalue weighted by Crippen LogP contribution is -2.33. The summed E-state index contributed by atoms with van der Waals surface area (Å²) in [6.07, 6.45) is 0. The molecule has 0 spiro atoms. The van der Waals surface area contributed by atoms with Gasteiger partial charge in [0, 0.05) is 31.8 Å². The van der Waals surface area contributed by atoms with Crippen LogP contribution in [-0.2, 0) is 6.54 Å². The molecule has 0 atom stereocenters. The fraction of sp³-hybridized carbons (Fsp3) is 0.294. The Kier molecular flexibility index (Phi) is 3.18. The molecular weight excluding hydrogens is 280 g/mol. The van der Waals surface area contributed by atoms with Gasteiger partial charge < -0.3 is 24.4 Å². The first-order valence-electron chi connectivity index (χ1n) is 7.39. The van der Waals surface area contributed by atoms with Gasteiger partial charge in [-0.25, -0.2) is 0 Å². The average molecular weight is 298 g/mol. The molecule has 114 valence electrons. The van der Waals surface area contributed by atoms with Gasteiger partial charge in [0.2, 0.25) is 6.79 Å². The third kappa shape index (κ3) is 2.28. The Morgan fingerprint density at radius 2 is 2.05 bits per heavy atom. The van der Waals surface area contributed by atoms with Gasteiger partial charge in [-0.15, -0.1) is 0 Å². The summed E-state index contributed by atoms with van der Waals surface area (Å²) in [5, 5.41) is 3.43. The Hall–Kier alpha value is -2.56. The van der Waals surface area contributed by atoms with Crippen molar-refractivity contribution >= 4 is 11.4 Å². The van der Waals surface area contributed by atoms with Gasteiger partial charge >= 0.3 is 0 Å². The van der Waals surface area contributed by atoms with Crippen LogP contribution < -0.4 is 24.4 Å². The number of hydrogen-bond donors (Lipinski definition) is 1. The molecule has 4 rings (SSSR count). The highest BCUT2D eigenvalue weighted by molar-refractivity contribution is 5.77. The van der Waals surface area contributed by atoms with E-state index >= 15 is 0 Å². The predicted molar refractivity (Wildman–Crippen MR) is 85.1 cm³/mol. The number of nitrogens with one attached hydrogen (secondary N) is 1. The van der Waals surface area contributed by atoms with Crippen LogP contribution in [0.3, 0.4) is 0 Å². The zero-order valence-electron chi connectivity index (χ0n) is 12.5. The van der Waals surface area contributed by atoms with Crippen LogP contribution in [0.2, 0.25) is 0 Å². The summed E-state index contributed by atoms with van der Waals surface area (Å²) in [4.78, 5) is 2.35. The molecule has 1 N–H and O–H groups in total. The molecule has 0 fully saturated rings. The van der Waals surface area contributed by atoms with Crippen LogP contribution in [-0.4, -0.2) is 27.0 Å². The zero-order chi connectivity index (χ0) is 14.9. The Labute approximate surface area is 129 Å². The van der Waals surface area contributed by atoms with E-state index in [1.54, 1.807) is 7.11 Å². The van der Waals surface area contributed by atoms with Crippen LogP contribution in [0.25, 0.3) is 0 Å². The first kappa shape index (κ1) is 13.1.